The molecular weight excluding hydrogens is 334 g/mol. The number of thioether (sulfide) groups is 1. The Balaban J connectivity index is 1.50. The van der Waals surface area contributed by atoms with E-state index in [1.807, 2.05) is 29.6 Å². The van der Waals surface area contributed by atoms with Crippen LogP contribution < -0.4 is 5.32 Å². The minimum atomic E-state index is -0.132. The second kappa shape index (κ2) is 7.53. The molecule has 1 aromatic carbocycles. The van der Waals surface area contributed by atoms with Gasteiger partial charge in [-0.1, -0.05) is 59.5 Å². The zero-order valence-corrected chi connectivity index (χ0v) is 14.0. The summed E-state index contributed by atoms with van der Waals surface area (Å²) in [5.74, 6) is 0.810. The summed E-state index contributed by atoms with van der Waals surface area (Å²) >= 11 is 4.47. The standard InChI is InChI=1S/C15H13N3OS3/c19-13(12-7-4-9-20-12)16-14-17-18-15(22-14)21-10-8-11-5-2-1-3-6-11/h1-7,9H,8,10H2,(H,16,17,19). The van der Waals surface area contributed by atoms with Crippen LogP contribution in [0.15, 0.2) is 52.2 Å². The highest BCUT2D eigenvalue weighted by Gasteiger charge is 2.11. The van der Waals surface area contributed by atoms with Crippen molar-refractivity contribution in [3.8, 4) is 0 Å². The van der Waals surface area contributed by atoms with E-state index in [0.717, 1.165) is 16.5 Å². The fourth-order valence-corrected chi connectivity index (χ4v) is 4.21. The summed E-state index contributed by atoms with van der Waals surface area (Å²) in [7, 11) is 0. The molecule has 1 amide bonds. The van der Waals surface area contributed by atoms with Gasteiger partial charge in [0.1, 0.15) is 0 Å². The van der Waals surface area contributed by atoms with Crippen LogP contribution in [-0.2, 0) is 6.42 Å². The molecule has 0 saturated heterocycles. The van der Waals surface area contributed by atoms with E-state index in [1.54, 1.807) is 17.8 Å². The predicted molar refractivity (Wildman–Crippen MR) is 93.1 cm³/mol. The highest BCUT2D eigenvalue weighted by Crippen LogP contribution is 2.26. The first kappa shape index (κ1) is 15.2. The number of thiophene rings is 1. The van der Waals surface area contributed by atoms with Crippen LogP contribution in [0.5, 0.6) is 0 Å². The Morgan fingerprint density at radius 1 is 1.14 bits per heavy atom. The van der Waals surface area contributed by atoms with Gasteiger partial charge >= 0.3 is 0 Å². The first-order chi connectivity index (χ1) is 10.8. The van der Waals surface area contributed by atoms with E-state index in [9.17, 15) is 4.79 Å². The molecule has 0 aliphatic heterocycles. The summed E-state index contributed by atoms with van der Waals surface area (Å²) in [6, 6.07) is 14.0. The number of nitrogens with zero attached hydrogens (tertiary/aromatic N) is 2. The number of carbonyl (C=O) groups excluding carboxylic acids is 1. The molecule has 0 unspecified atom stereocenters. The SMILES string of the molecule is O=C(Nc1nnc(SCCc2ccccc2)s1)c1cccs1. The minimum Gasteiger partial charge on any atom is -0.296 e. The fourth-order valence-electron chi connectivity index (χ4n) is 1.79. The predicted octanol–water partition coefficient (Wildman–Crippen LogP) is 4.19. The highest BCUT2D eigenvalue weighted by molar-refractivity contribution is 8.01. The van der Waals surface area contributed by atoms with E-state index in [1.165, 1.54) is 28.2 Å². The molecule has 0 fully saturated rings. The van der Waals surface area contributed by atoms with Gasteiger partial charge in [0.2, 0.25) is 5.13 Å². The normalized spacial score (nSPS) is 10.5. The van der Waals surface area contributed by atoms with Crippen LogP contribution in [-0.4, -0.2) is 21.9 Å². The molecule has 1 N–H and O–H groups in total. The van der Waals surface area contributed by atoms with Crippen LogP contribution in [0.1, 0.15) is 15.2 Å². The molecule has 22 heavy (non-hydrogen) atoms. The lowest BCUT2D eigenvalue weighted by atomic mass is 10.2. The lowest BCUT2D eigenvalue weighted by Gasteiger charge is -1.98. The summed E-state index contributed by atoms with van der Waals surface area (Å²) in [6.07, 6.45) is 0.988. The van der Waals surface area contributed by atoms with Crippen LogP contribution in [0.3, 0.4) is 0 Å². The van der Waals surface area contributed by atoms with Crippen molar-refractivity contribution < 1.29 is 4.79 Å². The second-order valence-electron chi connectivity index (χ2n) is 4.39. The van der Waals surface area contributed by atoms with Crippen molar-refractivity contribution in [2.45, 2.75) is 10.8 Å². The molecule has 4 nitrogen and oxygen atoms in total. The maximum atomic E-state index is 11.9. The number of rotatable bonds is 6. The van der Waals surface area contributed by atoms with Crippen LogP contribution in [0.2, 0.25) is 0 Å². The third kappa shape index (κ3) is 4.16. The maximum absolute atomic E-state index is 11.9. The molecular formula is C15H13N3OS3. The monoisotopic (exact) mass is 347 g/mol. The number of carbonyl (C=O) groups is 1. The van der Waals surface area contributed by atoms with Crippen LogP contribution in [0, 0.1) is 0 Å². The molecule has 3 rings (SSSR count). The first-order valence-corrected chi connectivity index (χ1v) is 9.34. The third-order valence-corrected chi connectivity index (χ3v) is 5.67. The Hall–Kier alpha value is -1.70. The van der Waals surface area contributed by atoms with E-state index >= 15 is 0 Å². The van der Waals surface area contributed by atoms with E-state index in [0.29, 0.717) is 10.0 Å². The van der Waals surface area contributed by atoms with Crippen molar-refractivity contribution in [3.63, 3.8) is 0 Å². The van der Waals surface area contributed by atoms with Gasteiger partial charge in [-0.25, -0.2) is 0 Å². The number of hydrogen-bond donors (Lipinski definition) is 1. The quantitative estimate of drug-likeness (QED) is 0.537. The summed E-state index contributed by atoms with van der Waals surface area (Å²) in [4.78, 5) is 12.6. The Labute approximate surface area is 140 Å². The molecule has 0 bridgehead atoms. The van der Waals surface area contributed by atoms with Crippen LogP contribution in [0.4, 0.5) is 5.13 Å². The maximum Gasteiger partial charge on any atom is 0.267 e. The number of nitrogens with one attached hydrogen (secondary N) is 1. The molecule has 7 heteroatoms. The topological polar surface area (TPSA) is 54.9 Å². The summed E-state index contributed by atoms with van der Waals surface area (Å²) < 4.78 is 0.873. The minimum absolute atomic E-state index is 0.132. The Morgan fingerprint density at radius 2 is 2.00 bits per heavy atom. The van der Waals surface area contributed by atoms with Gasteiger partial charge in [0.15, 0.2) is 4.34 Å². The van der Waals surface area contributed by atoms with E-state index < -0.39 is 0 Å². The highest BCUT2D eigenvalue weighted by atomic mass is 32.2. The number of benzene rings is 1. The third-order valence-electron chi connectivity index (χ3n) is 2.83. The fraction of sp³-hybridized carbons (Fsp3) is 0.133. The number of aromatic nitrogens is 2. The van der Waals surface area contributed by atoms with E-state index in [4.69, 9.17) is 0 Å². The van der Waals surface area contributed by atoms with Gasteiger partial charge in [0, 0.05) is 5.75 Å². The second-order valence-corrected chi connectivity index (χ2v) is 7.66. The lowest BCUT2D eigenvalue weighted by molar-refractivity contribution is 0.103. The van der Waals surface area contributed by atoms with Gasteiger partial charge in [-0.3, -0.25) is 10.1 Å². The molecule has 0 aliphatic carbocycles. The molecule has 0 radical (unpaired) electrons. The summed E-state index contributed by atoms with van der Waals surface area (Å²) in [5, 5.41) is 13.3. The smallest absolute Gasteiger partial charge is 0.267 e. The Morgan fingerprint density at radius 3 is 2.77 bits per heavy atom. The van der Waals surface area contributed by atoms with Gasteiger partial charge < -0.3 is 0 Å². The Kier molecular flexibility index (Phi) is 5.20. The molecule has 3 aromatic rings. The molecule has 2 aromatic heterocycles. The molecule has 0 atom stereocenters. The van der Waals surface area contributed by atoms with Crippen molar-refractivity contribution in [2.75, 3.05) is 11.1 Å². The molecule has 0 spiro atoms. The van der Waals surface area contributed by atoms with Gasteiger partial charge in [-0.05, 0) is 23.4 Å². The molecule has 0 saturated carbocycles. The lowest BCUT2D eigenvalue weighted by Crippen LogP contribution is -2.09. The van der Waals surface area contributed by atoms with Crippen molar-refractivity contribution in [1.82, 2.24) is 10.2 Å². The van der Waals surface area contributed by atoms with Gasteiger partial charge in [0.25, 0.3) is 5.91 Å². The average molecular weight is 347 g/mol. The average Bonchev–Trinajstić information content (AvgIpc) is 3.20. The summed E-state index contributed by atoms with van der Waals surface area (Å²) in [6.45, 7) is 0. The van der Waals surface area contributed by atoms with Gasteiger partial charge in [-0.15, -0.1) is 21.5 Å². The van der Waals surface area contributed by atoms with Gasteiger partial charge in [0.05, 0.1) is 4.88 Å². The van der Waals surface area contributed by atoms with Crippen LogP contribution in [0.25, 0.3) is 0 Å². The molecule has 0 aliphatic rings. The largest absolute Gasteiger partial charge is 0.296 e. The number of anilines is 1. The molecule has 112 valence electrons. The first-order valence-electron chi connectivity index (χ1n) is 6.66. The van der Waals surface area contributed by atoms with Crippen molar-refractivity contribution in [2.24, 2.45) is 0 Å². The summed E-state index contributed by atoms with van der Waals surface area (Å²) in [5.41, 5.74) is 1.31. The zero-order chi connectivity index (χ0) is 15.2. The van der Waals surface area contributed by atoms with Crippen molar-refractivity contribution in [3.05, 3.63) is 58.3 Å². The zero-order valence-electron chi connectivity index (χ0n) is 11.6. The number of aryl methyl sites for hydroxylation is 1. The van der Waals surface area contributed by atoms with Gasteiger partial charge in [-0.2, -0.15) is 0 Å². The van der Waals surface area contributed by atoms with Crippen molar-refractivity contribution >= 4 is 45.5 Å². The number of hydrogen-bond acceptors (Lipinski definition) is 6. The number of amides is 1. The van der Waals surface area contributed by atoms with E-state index in [-0.39, 0.29) is 5.91 Å². The van der Waals surface area contributed by atoms with E-state index in [2.05, 4.69) is 27.6 Å². The van der Waals surface area contributed by atoms with Crippen molar-refractivity contribution in [1.29, 1.82) is 0 Å². The Bertz CT molecular complexity index is 726. The van der Waals surface area contributed by atoms with Crippen LogP contribution >= 0.6 is 34.4 Å². The molecule has 2 heterocycles.